The van der Waals surface area contributed by atoms with Crippen molar-refractivity contribution in [1.29, 1.82) is 0 Å². The van der Waals surface area contributed by atoms with Crippen molar-refractivity contribution in [2.75, 3.05) is 0 Å². The number of aldehydes is 6. The van der Waals surface area contributed by atoms with Gasteiger partial charge in [0.2, 0.25) is 0 Å². The summed E-state index contributed by atoms with van der Waals surface area (Å²) in [5.41, 5.74) is 4.55. The molecule has 0 aliphatic carbocycles. The second-order valence-corrected chi connectivity index (χ2v) is 7.22. The number of hydrogen-bond acceptors (Lipinski definition) is 6. The van der Waals surface area contributed by atoms with Crippen molar-refractivity contribution in [3.05, 3.63) is 143 Å². The molecule has 0 spiro atoms. The van der Waals surface area contributed by atoms with E-state index in [-0.39, 0.29) is 7.43 Å². The van der Waals surface area contributed by atoms with Crippen molar-refractivity contribution in [2.45, 2.75) is 35.1 Å². The quantitative estimate of drug-likeness (QED) is 0.231. The van der Waals surface area contributed by atoms with Crippen LogP contribution in [0, 0.1) is 6.92 Å². The minimum atomic E-state index is 0. The lowest BCUT2D eigenvalue weighted by Crippen LogP contribution is -1.81. The maximum Gasteiger partial charge on any atom is 0.150 e. The highest BCUT2D eigenvalue weighted by Crippen LogP contribution is 1.99. The van der Waals surface area contributed by atoms with Crippen LogP contribution in [0.1, 0.15) is 85.6 Å². The highest BCUT2D eigenvalue weighted by molar-refractivity contribution is 5.79. The predicted octanol–water partition coefficient (Wildman–Crippen LogP) is 7.98. The first kappa shape index (κ1) is 40.4. The minimum Gasteiger partial charge on any atom is -0.304 e. The topological polar surface area (TPSA) is 102 Å². The molecule has 4 aromatic rings. The van der Waals surface area contributed by atoms with E-state index in [9.17, 15) is 24.0 Å². The van der Waals surface area contributed by atoms with Gasteiger partial charge in [-0.05, 0) is 13.8 Å². The van der Waals surface area contributed by atoms with E-state index >= 15 is 0 Å². The van der Waals surface area contributed by atoms with Gasteiger partial charge in [-0.2, -0.15) is 0 Å². The molecule has 0 fully saturated rings. The average Bonchev–Trinajstić information content (AvgIpc) is 3.04. The van der Waals surface area contributed by atoms with Crippen LogP contribution in [0.15, 0.2) is 109 Å². The van der Waals surface area contributed by atoms with Gasteiger partial charge in [-0.25, -0.2) is 0 Å². The fraction of sp³-hybridized carbons (Fsp3) is 0.143. The monoisotopic (exact) mass is 556 g/mol. The standard InChI is InChI=1S/C8H6O2.C8H8O.2C7H6O.C2H4O.C2H6.CH4/c9-5-7-1-2-8(6-10)4-3-7;1-7-2-4-8(6-9)5-3-7;2*8-6-7-4-2-1-3-5-7;1-2-3;1-2;/h1-6H;2-6H,1H3;2*1-6H;2H,1H3;1-2H3;1H4. The summed E-state index contributed by atoms with van der Waals surface area (Å²) in [6.07, 6.45) is 4.75. The number of aryl methyl sites for hydroxylation is 1. The van der Waals surface area contributed by atoms with Gasteiger partial charge >= 0.3 is 0 Å². The second kappa shape index (κ2) is 29.5. The Kier molecular flexibility index (Phi) is 29.0. The Morgan fingerprint density at radius 3 is 0.780 bits per heavy atom. The van der Waals surface area contributed by atoms with E-state index in [2.05, 4.69) is 0 Å². The van der Waals surface area contributed by atoms with Crippen LogP contribution in [0.4, 0.5) is 0 Å². The fourth-order valence-corrected chi connectivity index (χ4v) is 2.36. The van der Waals surface area contributed by atoms with Crippen LogP contribution in [0.2, 0.25) is 0 Å². The molecule has 216 valence electrons. The number of benzene rings is 4. The summed E-state index contributed by atoms with van der Waals surface area (Å²) in [7, 11) is 0. The van der Waals surface area contributed by atoms with Gasteiger partial charge in [0.1, 0.15) is 37.7 Å². The lowest BCUT2D eigenvalue weighted by molar-refractivity contribution is -0.106. The summed E-state index contributed by atoms with van der Waals surface area (Å²) >= 11 is 0. The molecule has 41 heavy (non-hydrogen) atoms. The zero-order chi connectivity index (χ0) is 30.4. The van der Waals surface area contributed by atoms with Crippen molar-refractivity contribution in [2.24, 2.45) is 0 Å². The third-order valence-corrected chi connectivity index (χ3v) is 4.29. The van der Waals surface area contributed by atoms with E-state index in [1.54, 1.807) is 48.5 Å². The molecule has 0 aliphatic heterocycles. The van der Waals surface area contributed by atoms with Crippen LogP contribution in [0.25, 0.3) is 0 Å². The number of carbonyl (C=O) groups excluding carboxylic acids is 6. The van der Waals surface area contributed by atoms with Gasteiger partial charge in [-0.3, -0.25) is 24.0 Å². The molecule has 6 heteroatoms. The van der Waals surface area contributed by atoms with Crippen molar-refractivity contribution >= 4 is 37.7 Å². The Balaban J connectivity index is -0.000000443. The molecule has 0 amide bonds. The molecule has 0 aliphatic rings. The summed E-state index contributed by atoms with van der Waals surface area (Å²) in [5, 5.41) is 0. The van der Waals surface area contributed by atoms with Gasteiger partial charge in [0, 0.05) is 27.8 Å². The first-order valence-electron chi connectivity index (χ1n) is 12.4. The molecule has 0 heterocycles. The maximum atomic E-state index is 10.1. The molecular formula is C35H40O6. The van der Waals surface area contributed by atoms with Crippen molar-refractivity contribution in [1.82, 2.24) is 0 Å². The van der Waals surface area contributed by atoms with Crippen LogP contribution < -0.4 is 0 Å². The molecule has 0 unspecified atom stereocenters. The highest BCUT2D eigenvalue weighted by atomic mass is 16.1. The third kappa shape index (κ3) is 22.6. The van der Waals surface area contributed by atoms with Crippen LogP contribution in [0.3, 0.4) is 0 Å². The van der Waals surface area contributed by atoms with Crippen molar-refractivity contribution in [3.63, 3.8) is 0 Å². The van der Waals surface area contributed by atoms with Gasteiger partial charge in [0.05, 0.1) is 0 Å². The van der Waals surface area contributed by atoms with Gasteiger partial charge in [0.25, 0.3) is 0 Å². The van der Waals surface area contributed by atoms with Crippen LogP contribution in [0.5, 0.6) is 0 Å². The van der Waals surface area contributed by atoms with Crippen LogP contribution in [-0.2, 0) is 4.79 Å². The zero-order valence-corrected chi connectivity index (χ0v) is 23.3. The van der Waals surface area contributed by atoms with Crippen LogP contribution >= 0.6 is 0 Å². The van der Waals surface area contributed by atoms with Gasteiger partial charge in [-0.1, -0.05) is 136 Å². The van der Waals surface area contributed by atoms with Gasteiger partial charge in [0.15, 0.2) is 0 Å². The van der Waals surface area contributed by atoms with E-state index < -0.39 is 0 Å². The Labute approximate surface area is 244 Å². The van der Waals surface area contributed by atoms with E-state index in [1.807, 2.05) is 81.4 Å². The molecule has 4 rings (SSSR count). The summed E-state index contributed by atoms with van der Waals surface area (Å²) in [6, 6.07) is 32.1. The smallest absolute Gasteiger partial charge is 0.150 e. The Hall–Kier alpha value is -5.10. The van der Waals surface area contributed by atoms with Crippen molar-refractivity contribution < 1.29 is 28.8 Å². The van der Waals surface area contributed by atoms with Crippen LogP contribution in [-0.4, -0.2) is 37.7 Å². The number of carbonyl (C=O) groups is 6. The largest absolute Gasteiger partial charge is 0.304 e. The average molecular weight is 557 g/mol. The Morgan fingerprint density at radius 2 is 0.585 bits per heavy atom. The fourth-order valence-electron chi connectivity index (χ4n) is 2.36. The lowest BCUT2D eigenvalue weighted by Gasteiger charge is -1.89. The molecule has 0 N–H and O–H groups in total. The molecule has 0 saturated heterocycles. The first-order chi connectivity index (χ1) is 19.5. The summed E-state index contributed by atoms with van der Waals surface area (Å²) in [5.74, 6) is 0. The summed E-state index contributed by atoms with van der Waals surface area (Å²) in [4.78, 5) is 59.2. The van der Waals surface area contributed by atoms with Gasteiger partial charge in [-0.15, -0.1) is 0 Å². The SMILES string of the molecule is C.CC.CC=O.Cc1ccc(C=O)cc1.O=Cc1ccc(C=O)cc1.O=Cc1ccccc1.O=Cc1ccccc1. The van der Waals surface area contributed by atoms with Crippen molar-refractivity contribution in [3.8, 4) is 0 Å². The molecule has 0 bridgehead atoms. The third-order valence-electron chi connectivity index (χ3n) is 4.29. The summed E-state index contributed by atoms with van der Waals surface area (Å²) in [6.45, 7) is 7.44. The Morgan fingerprint density at radius 1 is 0.390 bits per heavy atom. The molecular weight excluding hydrogens is 516 g/mol. The van der Waals surface area contributed by atoms with Gasteiger partial charge < -0.3 is 4.79 Å². The molecule has 0 atom stereocenters. The molecule has 4 aromatic carbocycles. The van der Waals surface area contributed by atoms with E-state index in [0.29, 0.717) is 11.1 Å². The Bertz CT molecular complexity index is 1130. The molecule has 0 saturated carbocycles. The first-order valence-corrected chi connectivity index (χ1v) is 12.4. The lowest BCUT2D eigenvalue weighted by atomic mass is 10.2. The maximum absolute atomic E-state index is 10.1. The predicted molar refractivity (Wildman–Crippen MR) is 167 cm³/mol. The van der Waals surface area contributed by atoms with E-state index in [0.717, 1.165) is 54.4 Å². The highest BCUT2D eigenvalue weighted by Gasteiger charge is 1.89. The van der Waals surface area contributed by atoms with E-state index in [1.165, 1.54) is 12.5 Å². The molecule has 0 radical (unpaired) electrons. The summed E-state index contributed by atoms with van der Waals surface area (Å²) < 4.78 is 0. The van der Waals surface area contributed by atoms with E-state index in [4.69, 9.17) is 4.79 Å². The molecule has 0 aromatic heterocycles. The second-order valence-electron chi connectivity index (χ2n) is 7.22. The normalized spacial score (nSPS) is 7.90. The zero-order valence-electron chi connectivity index (χ0n) is 23.3. The molecule has 6 nitrogen and oxygen atoms in total. The number of rotatable bonds is 5. The number of hydrogen-bond donors (Lipinski definition) is 0. The minimum absolute atomic E-state index is 0.